The Balaban J connectivity index is 2.74. The van der Waals surface area contributed by atoms with Crippen molar-refractivity contribution in [3.63, 3.8) is 0 Å². The van der Waals surface area contributed by atoms with Crippen LogP contribution in [0.1, 0.15) is 12.2 Å². The van der Waals surface area contributed by atoms with Crippen LogP contribution in [0.4, 0.5) is 13.2 Å². The van der Waals surface area contributed by atoms with Crippen LogP contribution < -0.4 is 5.73 Å². The lowest BCUT2D eigenvalue weighted by Crippen LogP contribution is -2.21. The molecule has 0 aliphatic carbocycles. The Labute approximate surface area is 83.0 Å². The van der Waals surface area contributed by atoms with Gasteiger partial charge in [-0.25, -0.2) is 4.98 Å². The summed E-state index contributed by atoms with van der Waals surface area (Å²) in [6.07, 6.45) is -2.62. The molecule has 0 bridgehead atoms. The molecule has 0 spiro atoms. The number of aromatic nitrogens is 2. The Morgan fingerprint density at radius 2 is 2.27 bits per heavy atom. The lowest BCUT2D eigenvalue weighted by Gasteiger charge is -2.08. The van der Waals surface area contributed by atoms with Gasteiger partial charge in [0.25, 0.3) is 0 Å². The number of halogens is 3. The monoisotopic (exact) mass is 222 g/mol. The van der Waals surface area contributed by atoms with Gasteiger partial charge in [0.1, 0.15) is 0 Å². The van der Waals surface area contributed by atoms with Crippen molar-refractivity contribution in [1.29, 1.82) is 0 Å². The maximum absolute atomic E-state index is 11.9. The smallest absolute Gasteiger partial charge is 0.390 e. The Bertz CT molecular complexity index is 357. The highest BCUT2D eigenvalue weighted by molar-refractivity contribution is 5.93. The molecule has 0 radical (unpaired) electrons. The highest BCUT2D eigenvalue weighted by Crippen LogP contribution is 2.20. The first-order chi connectivity index (χ1) is 6.94. The fourth-order valence-electron chi connectivity index (χ4n) is 1.01. The van der Waals surface area contributed by atoms with Crippen molar-refractivity contribution >= 4 is 5.84 Å². The Morgan fingerprint density at radius 3 is 2.80 bits per heavy atom. The molecule has 5 nitrogen and oxygen atoms in total. The van der Waals surface area contributed by atoms with Crippen LogP contribution in [0.5, 0.6) is 0 Å². The van der Waals surface area contributed by atoms with Gasteiger partial charge >= 0.3 is 6.18 Å². The zero-order valence-corrected chi connectivity index (χ0v) is 7.57. The lowest BCUT2D eigenvalue weighted by molar-refractivity contribution is -0.136. The molecule has 0 unspecified atom stereocenters. The van der Waals surface area contributed by atoms with Crippen LogP contribution >= 0.6 is 0 Å². The van der Waals surface area contributed by atoms with E-state index in [4.69, 9.17) is 10.9 Å². The molecular weight excluding hydrogens is 213 g/mol. The lowest BCUT2D eigenvalue weighted by atomic mass is 10.4. The molecule has 1 aromatic heterocycles. The average molecular weight is 222 g/mol. The molecule has 1 rings (SSSR count). The molecule has 15 heavy (non-hydrogen) atoms. The van der Waals surface area contributed by atoms with Crippen LogP contribution in [0.3, 0.4) is 0 Å². The van der Waals surface area contributed by atoms with Gasteiger partial charge in [0.15, 0.2) is 5.82 Å². The summed E-state index contributed by atoms with van der Waals surface area (Å²) < 4.78 is 36.9. The van der Waals surface area contributed by atoms with E-state index in [-0.39, 0.29) is 18.2 Å². The Morgan fingerprint density at radius 1 is 1.60 bits per heavy atom. The zero-order chi connectivity index (χ0) is 11.5. The molecule has 3 N–H and O–H groups in total. The van der Waals surface area contributed by atoms with Crippen LogP contribution in [0.2, 0.25) is 0 Å². The number of imidazole rings is 1. The molecule has 0 amide bonds. The quantitative estimate of drug-likeness (QED) is 0.345. The highest BCUT2D eigenvalue weighted by atomic mass is 19.4. The number of hydrogen-bond acceptors (Lipinski definition) is 3. The van der Waals surface area contributed by atoms with Crippen molar-refractivity contribution in [2.75, 3.05) is 0 Å². The van der Waals surface area contributed by atoms with Crippen molar-refractivity contribution in [1.82, 2.24) is 9.55 Å². The fraction of sp³-hybridized carbons (Fsp3) is 0.429. The van der Waals surface area contributed by atoms with Crippen molar-refractivity contribution in [2.24, 2.45) is 10.9 Å². The predicted octanol–water partition coefficient (Wildman–Crippen LogP) is 0.930. The molecular formula is C7H9F3N4O. The van der Waals surface area contributed by atoms with Crippen molar-refractivity contribution in [2.45, 2.75) is 19.1 Å². The van der Waals surface area contributed by atoms with Crippen LogP contribution in [0.25, 0.3) is 0 Å². The van der Waals surface area contributed by atoms with Gasteiger partial charge in [0.05, 0.1) is 6.42 Å². The van der Waals surface area contributed by atoms with E-state index < -0.39 is 12.6 Å². The molecule has 0 fully saturated rings. The summed E-state index contributed by atoms with van der Waals surface area (Å²) in [6.45, 7) is -0.310. The molecule has 0 aromatic carbocycles. The van der Waals surface area contributed by atoms with Crippen molar-refractivity contribution < 1.29 is 18.4 Å². The third-order valence-corrected chi connectivity index (χ3v) is 1.69. The number of nitrogens with zero attached hydrogens (tertiary/aromatic N) is 3. The summed E-state index contributed by atoms with van der Waals surface area (Å²) in [6, 6.07) is 0. The molecule has 84 valence electrons. The normalized spacial score (nSPS) is 13.1. The summed E-state index contributed by atoms with van der Waals surface area (Å²) in [5.74, 6) is -0.302. The van der Waals surface area contributed by atoms with Crippen molar-refractivity contribution in [3.8, 4) is 0 Å². The van der Waals surface area contributed by atoms with E-state index in [2.05, 4.69) is 10.1 Å². The fourth-order valence-corrected chi connectivity index (χ4v) is 1.01. The second-order valence-corrected chi connectivity index (χ2v) is 2.79. The second-order valence-electron chi connectivity index (χ2n) is 2.79. The van der Waals surface area contributed by atoms with Crippen LogP contribution in [-0.4, -0.2) is 26.8 Å². The molecule has 8 heteroatoms. The van der Waals surface area contributed by atoms with E-state index in [1.165, 1.54) is 17.0 Å². The van der Waals surface area contributed by atoms with Gasteiger partial charge in [-0.2, -0.15) is 13.2 Å². The number of amidine groups is 1. The predicted molar refractivity (Wildman–Crippen MR) is 45.4 cm³/mol. The zero-order valence-electron chi connectivity index (χ0n) is 7.57. The van der Waals surface area contributed by atoms with E-state index in [0.717, 1.165) is 0 Å². The van der Waals surface area contributed by atoms with E-state index in [0.29, 0.717) is 0 Å². The molecule has 0 saturated carbocycles. The number of alkyl halides is 3. The second kappa shape index (κ2) is 4.20. The molecule has 0 atom stereocenters. The summed E-state index contributed by atoms with van der Waals surface area (Å²) in [5, 5.41) is 11.0. The van der Waals surface area contributed by atoms with Gasteiger partial charge in [0, 0.05) is 18.9 Å². The van der Waals surface area contributed by atoms with Gasteiger partial charge in [0.2, 0.25) is 5.84 Å². The maximum atomic E-state index is 11.9. The molecule has 0 aliphatic rings. The SMILES string of the molecule is NC(=NO)c1nccn1CCC(F)(F)F. The minimum atomic E-state index is -4.24. The third-order valence-electron chi connectivity index (χ3n) is 1.69. The highest BCUT2D eigenvalue weighted by Gasteiger charge is 2.27. The van der Waals surface area contributed by atoms with Gasteiger partial charge in [-0.15, -0.1) is 0 Å². The van der Waals surface area contributed by atoms with Crippen LogP contribution in [0, 0.1) is 0 Å². The standard InChI is InChI=1S/C7H9F3N4O/c8-7(9,10)1-3-14-4-2-12-6(14)5(11)13-15/h2,4,15H,1,3H2,(H2,11,13). The number of nitrogens with two attached hydrogens (primary N) is 1. The summed E-state index contributed by atoms with van der Waals surface area (Å²) in [7, 11) is 0. The average Bonchev–Trinajstić information content (AvgIpc) is 2.60. The number of hydrogen-bond donors (Lipinski definition) is 2. The third kappa shape index (κ3) is 3.15. The van der Waals surface area contributed by atoms with Crippen LogP contribution in [0.15, 0.2) is 17.5 Å². The largest absolute Gasteiger partial charge is 0.409 e. The minimum absolute atomic E-state index is 0.0155. The number of rotatable bonds is 3. The molecule has 1 heterocycles. The van der Waals surface area contributed by atoms with Gasteiger partial charge in [-0.3, -0.25) is 0 Å². The summed E-state index contributed by atoms with van der Waals surface area (Å²) in [5.41, 5.74) is 5.21. The topological polar surface area (TPSA) is 76.4 Å². The first-order valence-electron chi connectivity index (χ1n) is 4.00. The number of aryl methyl sites for hydroxylation is 1. The van der Waals surface area contributed by atoms with E-state index in [1.54, 1.807) is 0 Å². The molecule has 1 aromatic rings. The first-order valence-corrected chi connectivity index (χ1v) is 4.00. The molecule has 0 aliphatic heterocycles. The Hall–Kier alpha value is -1.73. The van der Waals surface area contributed by atoms with Gasteiger partial charge in [-0.1, -0.05) is 5.16 Å². The maximum Gasteiger partial charge on any atom is 0.390 e. The van der Waals surface area contributed by atoms with E-state index in [9.17, 15) is 13.2 Å². The van der Waals surface area contributed by atoms with Crippen LogP contribution in [-0.2, 0) is 6.54 Å². The first kappa shape index (κ1) is 11.3. The van der Waals surface area contributed by atoms with Gasteiger partial charge < -0.3 is 15.5 Å². The molecule has 0 saturated heterocycles. The summed E-state index contributed by atoms with van der Waals surface area (Å²) in [4.78, 5) is 3.67. The number of oxime groups is 1. The minimum Gasteiger partial charge on any atom is -0.409 e. The Kier molecular flexibility index (Phi) is 3.17. The van der Waals surface area contributed by atoms with E-state index >= 15 is 0 Å². The summed E-state index contributed by atoms with van der Waals surface area (Å²) >= 11 is 0. The van der Waals surface area contributed by atoms with Crippen molar-refractivity contribution in [3.05, 3.63) is 18.2 Å². The van der Waals surface area contributed by atoms with Gasteiger partial charge in [-0.05, 0) is 0 Å². The van der Waals surface area contributed by atoms with E-state index in [1.807, 2.05) is 0 Å².